The zero-order valence-electron chi connectivity index (χ0n) is 11.8. The summed E-state index contributed by atoms with van der Waals surface area (Å²) in [7, 11) is 1.70. The topological polar surface area (TPSA) is 41.5 Å². The van der Waals surface area contributed by atoms with E-state index < -0.39 is 0 Å². The van der Waals surface area contributed by atoms with Crippen LogP contribution in [0.1, 0.15) is 22.7 Å². The molecule has 0 fully saturated rings. The number of nitrogens with one attached hydrogen (secondary N) is 1. The molecule has 2 aromatic carbocycles. The molecule has 0 saturated heterocycles. The molecule has 3 nitrogen and oxygen atoms in total. The molecule has 0 radical (unpaired) electrons. The molecule has 0 aliphatic carbocycles. The van der Waals surface area contributed by atoms with E-state index in [0.29, 0.717) is 6.61 Å². The molecule has 3 heteroatoms. The number of aliphatic hydroxyl groups excluding tert-OH is 1. The molecule has 106 valence electrons. The first-order valence-electron chi connectivity index (χ1n) is 6.79. The highest BCUT2D eigenvalue weighted by Gasteiger charge is 2.08. The maximum Gasteiger partial charge on any atom is 0.0713 e. The van der Waals surface area contributed by atoms with Crippen LogP contribution in [0.4, 0.5) is 0 Å². The van der Waals surface area contributed by atoms with Crippen molar-refractivity contribution in [2.75, 3.05) is 13.7 Å². The smallest absolute Gasteiger partial charge is 0.0713 e. The van der Waals surface area contributed by atoms with Crippen LogP contribution in [0.15, 0.2) is 54.6 Å². The summed E-state index contributed by atoms with van der Waals surface area (Å²) in [6, 6.07) is 18.2. The highest BCUT2D eigenvalue weighted by atomic mass is 16.5. The predicted octanol–water partition coefficient (Wildman–Crippen LogP) is 2.66. The molecule has 0 saturated carbocycles. The lowest BCUT2D eigenvalue weighted by Gasteiger charge is -2.17. The van der Waals surface area contributed by atoms with Crippen molar-refractivity contribution in [3.8, 4) is 0 Å². The number of aliphatic hydroxyl groups is 1. The maximum atomic E-state index is 9.51. The highest BCUT2D eigenvalue weighted by Crippen LogP contribution is 2.13. The van der Waals surface area contributed by atoms with Crippen LogP contribution >= 0.6 is 0 Å². The minimum atomic E-state index is -0.0396. The second-order valence-electron chi connectivity index (χ2n) is 4.78. The van der Waals surface area contributed by atoms with Crippen LogP contribution < -0.4 is 5.32 Å². The normalized spacial score (nSPS) is 12.3. The summed E-state index contributed by atoms with van der Waals surface area (Å²) in [5.74, 6) is 0. The molecule has 0 aliphatic rings. The van der Waals surface area contributed by atoms with Crippen molar-refractivity contribution in [3.05, 3.63) is 71.3 Å². The van der Waals surface area contributed by atoms with Gasteiger partial charge in [0.25, 0.3) is 0 Å². The largest absolute Gasteiger partial charge is 0.394 e. The van der Waals surface area contributed by atoms with Crippen LogP contribution in [0.5, 0.6) is 0 Å². The molecule has 0 heterocycles. The number of benzene rings is 2. The Labute approximate surface area is 120 Å². The van der Waals surface area contributed by atoms with Gasteiger partial charge in [0, 0.05) is 13.7 Å². The number of rotatable bonds is 7. The molecule has 2 rings (SSSR count). The molecule has 20 heavy (non-hydrogen) atoms. The van der Waals surface area contributed by atoms with Crippen molar-refractivity contribution in [2.45, 2.75) is 19.2 Å². The molecule has 0 spiro atoms. The Kier molecular flexibility index (Phi) is 5.74. The van der Waals surface area contributed by atoms with Gasteiger partial charge in [0.2, 0.25) is 0 Å². The van der Waals surface area contributed by atoms with E-state index in [1.807, 2.05) is 42.5 Å². The van der Waals surface area contributed by atoms with Gasteiger partial charge < -0.3 is 15.2 Å². The van der Waals surface area contributed by atoms with Gasteiger partial charge >= 0.3 is 0 Å². The summed E-state index contributed by atoms with van der Waals surface area (Å²) in [5.41, 5.74) is 3.45. The van der Waals surface area contributed by atoms with E-state index in [2.05, 4.69) is 17.4 Å². The number of hydrogen-bond donors (Lipinski definition) is 2. The third kappa shape index (κ3) is 4.17. The lowest BCUT2D eigenvalue weighted by atomic mass is 10.1. The van der Waals surface area contributed by atoms with Crippen LogP contribution in [-0.4, -0.2) is 18.8 Å². The quantitative estimate of drug-likeness (QED) is 0.813. The van der Waals surface area contributed by atoms with Crippen LogP contribution in [0.3, 0.4) is 0 Å². The van der Waals surface area contributed by atoms with E-state index in [1.54, 1.807) is 7.11 Å². The third-order valence-electron chi connectivity index (χ3n) is 3.24. The van der Waals surface area contributed by atoms with E-state index in [1.165, 1.54) is 5.56 Å². The van der Waals surface area contributed by atoms with Crippen molar-refractivity contribution < 1.29 is 9.84 Å². The summed E-state index contributed by atoms with van der Waals surface area (Å²) in [5, 5.41) is 12.9. The van der Waals surface area contributed by atoms with Gasteiger partial charge in [-0.1, -0.05) is 54.6 Å². The molecule has 2 N–H and O–H groups in total. The Morgan fingerprint density at radius 2 is 1.80 bits per heavy atom. The number of hydrogen-bond acceptors (Lipinski definition) is 3. The van der Waals surface area contributed by atoms with Crippen LogP contribution in [0, 0.1) is 0 Å². The molecular formula is C17H21NO2. The summed E-state index contributed by atoms with van der Waals surface area (Å²) < 4.78 is 5.14. The number of ether oxygens (including phenoxy) is 1. The first kappa shape index (κ1) is 14.7. The molecular weight excluding hydrogens is 250 g/mol. The molecule has 0 bridgehead atoms. The SMILES string of the molecule is COCc1cccc(CN[C@@H](CO)c2ccccc2)c1. The Hall–Kier alpha value is -1.68. The average molecular weight is 271 g/mol. The highest BCUT2D eigenvalue weighted by molar-refractivity contribution is 5.24. The van der Waals surface area contributed by atoms with Gasteiger partial charge in [-0.25, -0.2) is 0 Å². The summed E-state index contributed by atoms with van der Waals surface area (Å²) in [6.07, 6.45) is 0. The minimum Gasteiger partial charge on any atom is -0.394 e. The number of methoxy groups -OCH3 is 1. The minimum absolute atomic E-state index is 0.0396. The van der Waals surface area contributed by atoms with E-state index in [9.17, 15) is 5.11 Å². The maximum absolute atomic E-state index is 9.51. The summed E-state index contributed by atoms with van der Waals surface area (Å²) >= 11 is 0. The van der Waals surface area contributed by atoms with Crippen LogP contribution in [0.2, 0.25) is 0 Å². The van der Waals surface area contributed by atoms with E-state index in [0.717, 1.165) is 17.7 Å². The van der Waals surface area contributed by atoms with Gasteiger partial charge in [-0.2, -0.15) is 0 Å². The van der Waals surface area contributed by atoms with Gasteiger partial charge in [-0.05, 0) is 16.7 Å². The molecule has 0 amide bonds. The van der Waals surface area contributed by atoms with Gasteiger partial charge in [-0.3, -0.25) is 0 Å². The molecule has 0 unspecified atom stereocenters. The van der Waals surface area contributed by atoms with Gasteiger partial charge in [-0.15, -0.1) is 0 Å². The second-order valence-corrected chi connectivity index (χ2v) is 4.78. The first-order valence-corrected chi connectivity index (χ1v) is 6.79. The lowest BCUT2D eigenvalue weighted by molar-refractivity contribution is 0.185. The van der Waals surface area contributed by atoms with Crippen molar-refractivity contribution in [2.24, 2.45) is 0 Å². The Balaban J connectivity index is 1.98. The van der Waals surface area contributed by atoms with E-state index >= 15 is 0 Å². The molecule has 2 aromatic rings. The third-order valence-corrected chi connectivity index (χ3v) is 3.24. The predicted molar refractivity (Wildman–Crippen MR) is 80.3 cm³/mol. The fraction of sp³-hybridized carbons (Fsp3) is 0.294. The van der Waals surface area contributed by atoms with E-state index in [-0.39, 0.29) is 12.6 Å². The zero-order chi connectivity index (χ0) is 14.2. The molecule has 0 aromatic heterocycles. The lowest BCUT2D eigenvalue weighted by Crippen LogP contribution is -2.23. The molecule has 0 aliphatic heterocycles. The Morgan fingerprint density at radius 3 is 2.50 bits per heavy atom. The van der Waals surface area contributed by atoms with E-state index in [4.69, 9.17) is 4.74 Å². The fourth-order valence-corrected chi connectivity index (χ4v) is 2.21. The van der Waals surface area contributed by atoms with Gasteiger partial charge in [0.15, 0.2) is 0 Å². The standard InChI is InChI=1S/C17H21NO2/c1-20-13-15-7-5-6-14(10-15)11-18-17(12-19)16-8-3-2-4-9-16/h2-10,17-19H,11-13H2,1H3/t17-/m0/s1. The first-order chi connectivity index (χ1) is 9.83. The average Bonchev–Trinajstić information content (AvgIpc) is 2.50. The van der Waals surface area contributed by atoms with Crippen LogP contribution in [-0.2, 0) is 17.9 Å². The molecule has 1 atom stereocenters. The zero-order valence-corrected chi connectivity index (χ0v) is 11.8. The summed E-state index contributed by atoms with van der Waals surface area (Å²) in [6.45, 7) is 1.43. The second kappa shape index (κ2) is 7.80. The van der Waals surface area contributed by atoms with Gasteiger partial charge in [0.1, 0.15) is 0 Å². The van der Waals surface area contributed by atoms with Gasteiger partial charge in [0.05, 0.1) is 19.3 Å². The Bertz CT molecular complexity index is 513. The van der Waals surface area contributed by atoms with Crippen molar-refractivity contribution in [1.29, 1.82) is 0 Å². The Morgan fingerprint density at radius 1 is 1.05 bits per heavy atom. The monoisotopic (exact) mass is 271 g/mol. The van der Waals surface area contributed by atoms with Crippen molar-refractivity contribution in [3.63, 3.8) is 0 Å². The summed E-state index contributed by atoms with van der Waals surface area (Å²) in [4.78, 5) is 0. The van der Waals surface area contributed by atoms with Crippen molar-refractivity contribution in [1.82, 2.24) is 5.32 Å². The van der Waals surface area contributed by atoms with Crippen molar-refractivity contribution >= 4 is 0 Å². The van der Waals surface area contributed by atoms with Crippen LogP contribution in [0.25, 0.3) is 0 Å². The fourth-order valence-electron chi connectivity index (χ4n) is 2.21.